The third-order valence-electron chi connectivity index (χ3n) is 6.84. The molecule has 1 heterocycles. The summed E-state index contributed by atoms with van der Waals surface area (Å²) in [4.78, 5) is 2.95. The van der Waals surface area contributed by atoms with Gasteiger partial charge in [0.1, 0.15) is 0 Å². The first-order valence-electron chi connectivity index (χ1n) is 11.6. The molecule has 0 bridgehead atoms. The molecule has 1 unspecified atom stereocenters. The fraction of sp³-hybridized carbons (Fsp3) is 0.520. The van der Waals surface area contributed by atoms with Crippen LogP contribution in [0.5, 0.6) is 11.5 Å². The summed E-state index contributed by atoms with van der Waals surface area (Å²) in [6, 6.07) is 11.3. The third kappa shape index (κ3) is 4.26. The minimum atomic E-state index is -3.42. The lowest BCUT2D eigenvalue weighted by Gasteiger charge is -2.35. The summed E-state index contributed by atoms with van der Waals surface area (Å²) in [6.07, 6.45) is 4.98. The molecule has 6 nitrogen and oxygen atoms in total. The van der Waals surface area contributed by atoms with Crippen molar-refractivity contribution >= 4 is 10.0 Å². The van der Waals surface area contributed by atoms with Crippen LogP contribution < -0.4 is 9.47 Å². The Kier molecular flexibility index (Phi) is 7.08. The second kappa shape index (κ2) is 9.81. The van der Waals surface area contributed by atoms with Crippen LogP contribution in [0, 0.1) is 0 Å². The SMILES string of the molecule is CCN(CCCCN1CCc2cc(OC)c(OC)c3c2C1CC3)S(=O)(=O)c1ccccc1. The van der Waals surface area contributed by atoms with Crippen molar-refractivity contribution < 1.29 is 17.9 Å². The molecule has 1 aliphatic carbocycles. The first-order chi connectivity index (χ1) is 15.5. The molecular weight excluding hydrogens is 424 g/mol. The summed E-state index contributed by atoms with van der Waals surface area (Å²) in [7, 11) is 0.000457. The molecule has 0 N–H and O–H groups in total. The number of rotatable bonds is 10. The fourth-order valence-electron chi connectivity index (χ4n) is 5.28. The smallest absolute Gasteiger partial charge is 0.243 e. The zero-order valence-electron chi connectivity index (χ0n) is 19.3. The van der Waals surface area contributed by atoms with E-state index in [0.717, 1.165) is 56.7 Å². The molecule has 0 aromatic heterocycles. The highest BCUT2D eigenvalue weighted by molar-refractivity contribution is 7.89. The van der Waals surface area contributed by atoms with Crippen molar-refractivity contribution in [3.8, 4) is 11.5 Å². The predicted molar refractivity (Wildman–Crippen MR) is 126 cm³/mol. The van der Waals surface area contributed by atoms with Crippen molar-refractivity contribution in [3.63, 3.8) is 0 Å². The number of ether oxygens (including phenoxy) is 2. The maximum absolute atomic E-state index is 12.9. The number of hydrogen-bond donors (Lipinski definition) is 0. The van der Waals surface area contributed by atoms with Gasteiger partial charge in [0.15, 0.2) is 11.5 Å². The van der Waals surface area contributed by atoms with Gasteiger partial charge in [-0.25, -0.2) is 8.42 Å². The van der Waals surface area contributed by atoms with Crippen LogP contribution in [0.1, 0.15) is 48.9 Å². The van der Waals surface area contributed by atoms with Crippen molar-refractivity contribution in [1.82, 2.24) is 9.21 Å². The van der Waals surface area contributed by atoms with Crippen LogP contribution in [-0.4, -0.2) is 58.0 Å². The summed E-state index contributed by atoms with van der Waals surface area (Å²) >= 11 is 0. The number of nitrogens with zero attached hydrogens (tertiary/aromatic N) is 2. The average Bonchev–Trinajstić information content (AvgIpc) is 3.26. The summed E-state index contributed by atoms with van der Waals surface area (Å²) in [6.45, 7) is 4.97. The lowest BCUT2D eigenvalue weighted by atomic mass is 9.92. The average molecular weight is 459 g/mol. The molecule has 32 heavy (non-hydrogen) atoms. The predicted octanol–water partition coefficient (Wildman–Crippen LogP) is 4.04. The summed E-state index contributed by atoms with van der Waals surface area (Å²) in [5, 5.41) is 0. The van der Waals surface area contributed by atoms with E-state index in [-0.39, 0.29) is 0 Å². The number of methoxy groups -OCH3 is 2. The van der Waals surface area contributed by atoms with E-state index in [1.54, 1.807) is 42.8 Å². The van der Waals surface area contributed by atoms with Gasteiger partial charge >= 0.3 is 0 Å². The van der Waals surface area contributed by atoms with Gasteiger partial charge < -0.3 is 9.47 Å². The monoisotopic (exact) mass is 458 g/mol. The van der Waals surface area contributed by atoms with Gasteiger partial charge in [0.25, 0.3) is 0 Å². The Morgan fingerprint density at radius 3 is 2.56 bits per heavy atom. The lowest BCUT2D eigenvalue weighted by molar-refractivity contribution is 0.180. The Morgan fingerprint density at radius 1 is 1.09 bits per heavy atom. The molecule has 0 saturated heterocycles. The van der Waals surface area contributed by atoms with Crippen LogP contribution in [0.3, 0.4) is 0 Å². The van der Waals surface area contributed by atoms with Gasteiger partial charge in [-0.05, 0) is 68.0 Å². The van der Waals surface area contributed by atoms with E-state index in [1.165, 1.54) is 16.7 Å². The lowest BCUT2D eigenvalue weighted by Crippen LogP contribution is -2.36. The highest BCUT2D eigenvalue weighted by atomic mass is 32.2. The van der Waals surface area contributed by atoms with Gasteiger partial charge in [-0.1, -0.05) is 25.1 Å². The fourth-order valence-corrected chi connectivity index (χ4v) is 6.79. The minimum absolute atomic E-state index is 0.373. The molecule has 2 aromatic carbocycles. The first kappa shape index (κ1) is 23.1. The van der Waals surface area contributed by atoms with E-state index in [4.69, 9.17) is 9.47 Å². The van der Waals surface area contributed by atoms with Gasteiger partial charge in [0.05, 0.1) is 19.1 Å². The van der Waals surface area contributed by atoms with Crippen LogP contribution >= 0.6 is 0 Å². The molecule has 1 aliphatic heterocycles. The second-order valence-electron chi connectivity index (χ2n) is 8.52. The number of sulfonamides is 1. The maximum atomic E-state index is 12.9. The van der Waals surface area contributed by atoms with E-state index >= 15 is 0 Å². The molecule has 1 atom stereocenters. The van der Waals surface area contributed by atoms with Crippen molar-refractivity contribution in [1.29, 1.82) is 0 Å². The summed E-state index contributed by atoms with van der Waals surface area (Å²) in [5.74, 6) is 1.73. The van der Waals surface area contributed by atoms with E-state index < -0.39 is 10.0 Å². The van der Waals surface area contributed by atoms with Crippen molar-refractivity contribution in [2.75, 3.05) is 40.4 Å². The first-order valence-corrected chi connectivity index (χ1v) is 13.0. The zero-order valence-corrected chi connectivity index (χ0v) is 20.2. The molecular formula is C25H34N2O4S. The maximum Gasteiger partial charge on any atom is 0.243 e. The normalized spacial score (nSPS) is 18.1. The molecule has 0 radical (unpaired) electrons. The van der Waals surface area contributed by atoms with Gasteiger partial charge in [-0.3, -0.25) is 4.90 Å². The highest BCUT2D eigenvalue weighted by Crippen LogP contribution is 2.48. The van der Waals surface area contributed by atoms with Crippen molar-refractivity contribution in [3.05, 3.63) is 53.1 Å². The molecule has 0 amide bonds. The van der Waals surface area contributed by atoms with Gasteiger partial charge in [-0.15, -0.1) is 0 Å². The third-order valence-corrected chi connectivity index (χ3v) is 8.83. The Balaban J connectivity index is 1.38. The number of benzene rings is 2. The van der Waals surface area contributed by atoms with E-state index in [2.05, 4.69) is 11.0 Å². The highest BCUT2D eigenvalue weighted by Gasteiger charge is 2.36. The molecule has 0 saturated carbocycles. The standard InChI is InChI=1S/C25H34N2O4S/c1-4-27(32(28,29)20-10-6-5-7-11-20)16-9-8-15-26-17-14-19-18-23(30-2)25(31-3)21-12-13-22(26)24(19)21/h5-7,10-11,18,22H,4,8-9,12-17H2,1-3H3. The number of hydrogen-bond acceptors (Lipinski definition) is 5. The van der Waals surface area contributed by atoms with Crippen LogP contribution in [0.2, 0.25) is 0 Å². The van der Waals surface area contributed by atoms with Crippen molar-refractivity contribution in [2.24, 2.45) is 0 Å². The van der Waals surface area contributed by atoms with Gasteiger partial charge in [0.2, 0.25) is 10.0 Å². The Morgan fingerprint density at radius 2 is 1.88 bits per heavy atom. The molecule has 2 aromatic rings. The minimum Gasteiger partial charge on any atom is -0.493 e. The molecule has 0 spiro atoms. The van der Waals surface area contributed by atoms with Crippen LogP contribution in [0.4, 0.5) is 0 Å². The quantitative estimate of drug-likeness (QED) is 0.503. The molecule has 7 heteroatoms. The van der Waals surface area contributed by atoms with E-state index in [1.807, 2.05) is 13.0 Å². The molecule has 4 rings (SSSR count). The van der Waals surface area contributed by atoms with E-state index in [0.29, 0.717) is 24.0 Å². The molecule has 0 fully saturated rings. The topological polar surface area (TPSA) is 59.1 Å². The van der Waals surface area contributed by atoms with E-state index in [9.17, 15) is 8.42 Å². The van der Waals surface area contributed by atoms with Crippen LogP contribution in [0.15, 0.2) is 41.3 Å². The van der Waals surface area contributed by atoms with Gasteiger partial charge in [0, 0.05) is 31.2 Å². The zero-order chi connectivity index (χ0) is 22.7. The Hall–Kier alpha value is -2.09. The largest absolute Gasteiger partial charge is 0.493 e. The molecule has 174 valence electrons. The second-order valence-corrected chi connectivity index (χ2v) is 10.5. The summed E-state index contributed by atoms with van der Waals surface area (Å²) < 4.78 is 38.7. The molecule has 2 aliphatic rings. The summed E-state index contributed by atoms with van der Waals surface area (Å²) in [5.41, 5.74) is 4.14. The van der Waals surface area contributed by atoms with Gasteiger partial charge in [-0.2, -0.15) is 4.31 Å². The Labute approximate surface area is 192 Å². The van der Waals surface area contributed by atoms with Crippen LogP contribution in [0.25, 0.3) is 0 Å². The number of unbranched alkanes of at least 4 members (excludes halogenated alkanes) is 1. The van der Waals surface area contributed by atoms with Crippen molar-refractivity contribution in [2.45, 2.75) is 50.0 Å². The van der Waals surface area contributed by atoms with Crippen LogP contribution in [-0.2, 0) is 22.9 Å². The Bertz CT molecular complexity index is 1040.